The SMILES string of the molecule is CCCc1cc(F)ccc1C1=C(c2ccc(CCC3CCC(CCCCCF)CC3)cc2)c2ccc(C)cc2CCC1. The van der Waals surface area contributed by atoms with Crippen LogP contribution >= 0.6 is 0 Å². The highest BCUT2D eigenvalue weighted by Gasteiger charge is 2.23. The summed E-state index contributed by atoms with van der Waals surface area (Å²) in [6.07, 6.45) is 17.2. The number of hydrogen-bond donors (Lipinski definition) is 0. The summed E-state index contributed by atoms with van der Waals surface area (Å²) in [6.45, 7) is 4.20. The monoisotopic (exact) mass is 568 g/mol. The van der Waals surface area contributed by atoms with Gasteiger partial charge in [-0.15, -0.1) is 0 Å². The van der Waals surface area contributed by atoms with Crippen LogP contribution in [0.5, 0.6) is 0 Å². The zero-order chi connectivity index (χ0) is 29.3. The van der Waals surface area contributed by atoms with Gasteiger partial charge in [0, 0.05) is 0 Å². The quantitative estimate of drug-likeness (QED) is 0.191. The minimum Gasteiger partial charge on any atom is -0.251 e. The van der Waals surface area contributed by atoms with Crippen LogP contribution in [0, 0.1) is 24.6 Å². The fraction of sp³-hybridized carbons (Fsp3) is 0.500. The molecule has 0 bridgehead atoms. The molecule has 0 radical (unpaired) electrons. The number of benzene rings is 3. The molecule has 0 aromatic heterocycles. The smallest absolute Gasteiger partial charge is 0.123 e. The van der Waals surface area contributed by atoms with E-state index in [4.69, 9.17) is 0 Å². The van der Waals surface area contributed by atoms with Crippen LogP contribution in [-0.2, 0) is 19.3 Å². The van der Waals surface area contributed by atoms with Gasteiger partial charge < -0.3 is 0 Å². The first kappa shape index (κ1) is 30.7. The van der Waals surface area contributed by atoms with Crippen molar-refractivity contribution in [3.05, 3.63) is 105 Å². The van der Waals surface area contributed by atoms with Crippen molar-refractivity contribution in [3.8, 4) is 0 Å². The first-order chi connectivity index (χ1) is 20.6. The van der Waals surface area contributed by atoms with Crippen molar-refractivity contribution in [2.24, 2.45) is 11.8 Å². The second-order valence-electron chi connectivity index (χ2n) is 13.1. The van der Waals surface area contributed by atoms with Crippen molar-refractivity contribution in [1.29, 1.82) is 0 Å². The Hall–Kier alpha value is -2.74. The Morgan fingerprint density at radius 3 is 2.21 bits per heavy atom. The third-order valence-corrected chi connectivity index (χ3v) is 9.91. The molecule has 0 nitrogen and oxygen atoms in total. The molecule has 0 unspecified atom stereocenters. The number of allylic oxidation sites excluding steroid dienone is 1. The second kappa shape index (κ2) is 15.1. The van der Waals surface area contributed by atoms with Crippen LogP contribution in [-0.4, -0.2) is 6.67 Å². The second-order valence-corrected chi connectivity index (χ2v) is 13.1. The fourth-order valence-corrected chi connectivity index (χ4v) is 7.57. The molecule has 3 aromatic carbocycles. The van der Waals surface area contributed by atoms with Gasteiger partial charge in [0.25, 0.3) is 0 Å². The number of rotatable bonds is 12. The summed E-state index contributed by atoms with van der Waals surface area (Å²) in [4.78, 5) is 0. The molecule has 2 aliphatic rings. The minimum absolute atomic E-state index is 0.138. The van der Waals surface area contributed by atoms with Gasteiger partial charge in [0.15, 0.2) is 0 Å². The number of alkyl halides is 1. The van der Waals surface area contributed by atoms with Crippen LogP contribution in [0.4, 0.5) is 8.78 Å². The van der Waals surface area contributed by atoms with Gasteiger partial charge in [-0.1, -0.05) is 112 Å². The number of fused-ring (bicyclic) bond motifs is 1. The van der Waals surface area contributed by atoms with E-state index in [0.29, 0.717) is 0 Å². The predicted molar refractivity (Wildman–Crippen MR) is 175 cm³/mol. The van der Waals surface area contributed by atoms with Crippen molar-refractivity contribution in [3.63, 3.8) is 0 Å². The third kappa shape index (κ3) is 7.80. The first-order valence-corrected chi connectivity index (χ1v) is 16.8. The van der Waals surface area contributed by atoms with Gasteiger partial charge in [-0.2, -0.15) is 0 Å². The van der Waals surface area contributed by atoms with Gasteiger partial charge in [0.2, 0.25) is 0 Å². The fourth-order valence-electron chi connectivity index (χ4n) is 7.57. The standard InChI is InChI=1S/C40H50F2/c1-3-8-34-28-36(42)23-25-37(34)39-11-7-10-35-27-29(2)12-24-38(35)40(39)33-21-19-32(20-22-33)18-17-31-15-13-30(14-16-31)9-5-4-6-26-41/h12,19-25,27-28,30-31H,3-11,13-18,26H2,1-2H3. The van der Waals surface area contributed by atoms with Crippen LogP contribution in [0.25, 0.3) is 11.1 Å². The molecule has 1 saturated carbocycles. The number of aryl methyl sites for hydroxylation is 4. The summed E-state index contributed by atoms with van der Waals surface area (Å²) >= 11 is 0. The van der Waals surface area contributed by atoms with Crippen molar-refractivity contribution >= 4 is 11.1 Å². The van der Waals surface area contributed by atoms with Crippen LogP contribution in [0.15, 0.2) is 60.7 Å². The van der Waals surface area contributed by atoms with Gasteiger partial charge in [0.05, 0.1) is 6.67 Å². The van der Waals surface area contributed by atoms with Gasteiger partial charge in [-0.05, 0) is 120 Å². The predicted octanol–water partition coefficient (Wildman–Crippen LogP) is 11.7. The summed E-state index contributed by atoms with van der Waals surface area (Å²) in [7, 11) is 0. The van der Waals surface area contributed by atoms with Crippen molar-refractivity contribution in [2.75, 3.05) is 6.67 Å². The Labute approximate surface area is 253 Å². The highest BCUT2D eigenvalue weighted by Crippen LogP contribution is 2.42. The van der Waals surface area contributed by atoms with E-state index in [9.17, 15) is 8.78 Å². The van der Waals surface area contributed by atoms with Crippen LogP contribution < -0.4 is 0 Å². The molecule has 1 fully saturated rings. The van der Waals surface area contributed by atoms with E-state index in [-0.39, 0.29) is 12.5 Å². The maximum atomic E-state index is 14.3. The Bertz CT molecular complexity index is 1320. The summed E-state index contributed by atoms with van der Waals surface area (Å²) in [6, 6.07) is 21.8. The lowest BCUT2D eigenvalue weighted by Crippen LogP contribution is -2.15. The zero-order valence-electron chi connectivity index (χ0n) is 26.0. The molecule has 2 aliphatic carbocycles. The van der Waals surface area contributed by atoms with E-state index in [1.54, 1.807) is 12.1 Å². The molecule has 2 heteroatoms. The Kier molecular flexibility index (Phi) is 11.1. The lowest BCUT2D eigenvalue weighted by molar-refractivity contribution is 0.248. The summed E-state index contributed by atoms with van der Waals surface area (Å²) in [5.41, 5.74) is 11.9. The molecule has 0 aliphatic heterocycles. The van der Waals surface area contributed by atoms with E-state index in [2.05, 4.69) is 56.3 Å². The maximum absolute atomic E-state index is 14.3. The van der Waals surface area contributed by atoms with Crippen molar-refractivity contribution in [2.45, 2.75) is 110 Å². The van der Waals surface area contributed by atoms with Crippen LogP contribution in [0.1, 0.15) is 123 Å². The highest BCUT2D eigenvalue weighted by molar-refractivity contribution is 6.00. The van der Waals surface area contributed by atoms with Crippen LogP contribution in [0.3, 0.4) is 0 Å². The van der Waals surface area contributed by atoms with Crippen molar-refractivity contribution < 1.29 is 8.78 Å². The van der Waals surface area contributed by atoms with E-state index < -0.39 is 0 Å². The van der Waals surface area contributed by atoms with E-state index in [1.165, 1.54) is 89.5 Å². The van der Waals surface area contributed by atoms with E-state index >= 15 is 0 Å². The molecule has 0 atom stereocenters. The largest absolute Gasteiger partial charge is 0.251 e. The molecule has 5 rings (SSSR count). The third-order valence-electron chi connectivity index (χ3n) is 9.91. The first-order valence-electron chi connectivity index (χ1n) is 16.8. The molecule has 0 amide bonds. The Morgan fingerprint density at radius 1 is 0.738 bits per heavy atom. The number of hydrogen-bond acceptors (Lipinski definition) is 0. The molecule has 3 aromatic rings. The minimum atomic E-state index is -0.159. The zero-order valence-corrected chi connectivity index (χ0v) is 26.0. The molecular formula is C40H50F2. The molecule has 0 spiro atoms. The maximum Gasteiger partial charge on any atom is 0.123 e. The van der Waals surface area contributed by atoms with Gasteiger partial charge >= 0.3 is 0 Å². The topological polar surface area (TPSA) is 0 Å². The lowest BCUT2D eigenvalue weighted by atomic mass is 9.77. The van der Waals surface area contributed by atoms with E-state index in [0.717, 1.165) is 68.8 Å². The van der Waals surface area contributed by atoms with E-state index in [1.807, 2.05) is 6.07 Å². The van der Waals surface area contributed by atoms with Crippen LogP contribution in [0.2, 0.25) is 0 Å². The summed E-state index contributed by atoms with van der Waals surface area (Å²) in [5, 5.41) is 0. The molecule has 42 heavy (non-hydrogen) atoms. The Morgan fingerprint density at radius 2 is 1.48 bits per heavy atom. The molecule has 0 saturated heterocycles. The molecule has 0 heterocycles. The molecular weight excluding hydrogens is 518 g/mol. The van der Waals surface area contributed by atoms with Gasteiger partial charge in [0.1, 0.15) is 5.82 Å². The molecule has 224 valence electrons. The number of halogens is 2. The van der Waals surface area contributed by atoms with Gasteiger partial charge in [-0.25, -0.2) is 4.39 Å². The normalized spacial score (nSPS) is 19.0. The van der Waals surface area contributed by atoms with Crippen molar-refractivity contribution in [1.82, 2.24) is 0 Å². The summed E-state index contributed by atoms with van der Waals surface area (Å²) < 4.78 is 26.7. The highest BCUT2D eigenvalue weighted by atomic mass is 19.1. The average molecular weight is 569 g/mol. The average Bonchev–Trinajstić information content (AvgIpc) is 3.18. The Balaban J connectivity index is 1.35. The number of unbranched alkanes of at least 4 members (excludes halogenated alkanes) is 2. The molecule has 0 N–H and O–H groups in total. The summed E-state index contributed by atoms with van der Waals surface area (Å²) in [5.74, 6) is 1.57. The van der Waals surface area contributed by atoms with Gasteiger partial charge in [-0.3, -0.25) is 4.39 Å². The lowest BCUT2D eigenvalue weighted by Gasteiger charge is -2.28.